The Morgan fingerprint density at radius 3 is 2.88 bits per heavy atom. The number of likely N-dealkylation sites (tertiary alicyclic amines) is 1. The largest absolute Gasteiger partial charge is 0.368 e. The number of hydrogen-bond acceptors (Lipinski definition) is 3. The monoisotopic (exact) mass is 226 g/mol. The summed E-state index contributed by atoms with van der Waals surface area (Å²) in [6.07, 6.45) is 6.75. The van der Waals surface area contributed by atoms with Gasteiger partial charge in [0.2, 0.25) is 5.91 Å². The van der Waals surface area contributed by atoms with E-state index in [2.05, 4.69) is 6.92 Å². The van der Waals surface area contributed by atoms with E-state index in [1.54, 1.807) is 0 Å². The number of piperidine rings is 1. The molecule has 0 aliphatic carbocycles. The number of hydrogen-bond donors (Lipinski definition) is 1. The Balaban J connectivity index is 2.66. The number of nitrogens with two attached hydrogens (primary N) is 1. The Labute approximate surface area is 97.2 Å². The zero-order valence-corrected chi connectivity index (χ0v) is 10.0. The third-order valence-corrected chi connectivity index (χ3v) is 3.31. The average Bonchev–Trinajstić information content (AvgIpc) is 2.29. The first kappa shape index (κ1) is 13.2. The molecule has 92 valence electrons. The minimum absolute atomic E-state index is 0.108. The summed E-state index contributed by atoms with van der Waals surface area (Å²) in [6.45, 7) is 2.91. The number of rotatable bonds is 6. The number of nitrogens with zero attached hydrogens (tertiary/aromatic N) is 1. The maximum atomic E-state index is 11.4. The molecule has 1 rings (SSSR count). The van der Waals surface area contributed by atoms with Crippen molar-refractivity contribution >= 4 is 12.2 Å². The lowest BCUT2D eigenvalue weighted by Gasteiger charge is -2.37. The summed E-state index contributed by atoms with van der Waals surface area (Å²) in [7, 11) is 0. The van der Waals surface area contributed by atoms with Gasteiger partial charge in [0.15, 0.2) is 0 Å². The fraction of sp³-hybridized carbons (Fsp3) is 0.833. The molecule has 0 aromatic heterocycles. The molecule has 0 aromatic carbocycles. The lowest BCUT2D eigenvalue weighted by atomic mass is 9.98. The Morgan fingerprint density at radius 2 is 2.31 bits per heavy atom. The van der Waals surface area contributed by atoms with Gasteiger partial charge in [-0.1, -0.05) is 26.2 Å². The third-order valence-electron chi connectivity index (χ3n) is 3.31. The van der Waals surface area contributed by atoms with Gasteiger partial charge in [-0.2, -0.15) is 0 Å². The molecule has 1 fully saturated rings. The smallest absolute Gasteiger partial charge is 0.234 e. The highest BCUT2D eigenvalue weighted by Crippen LogP contribution is 2.20. The molecule has 4 nitrogen and oxygen atoms in total. The van der Waals surface area contributed by atoms with E-state index >= 15 is 0 Å². The van der Waals surface area contributed by atoms with Crippen molar-refractivity contribution in [3.8, 4) is 0 Å². The van der Waals surface area contributed by atoms with Crippen LogP contribution in [-0.2, 0) is 9.59 Å². The summed E-state index contributed by atoms with van der Waals surface area (Å²) in [6, 6.07) is -0.362. The molecular weight excluding hydrogens is 204 g/mol. The second-order valence-electron chi connectivity index (χ2n) is 4.50. The highest BCUT2D eigenvalue weighted by atomic mass is 16.1. The summed E-state index contributed by atoms with van der Waals surface area (Å²) in [5.74, 6) is -0.290. The molecule has 1 amide bonds. The molecule has 2 unspecified atom stereocenters. The normalized spacial score (nSPS) is 23.9. The van der Waals surface area contributed by atoms with Gasteiger partial charge in [-0.25, -0.2) is 0 Å². The maximum absolute atomic E-state index is 11.4. The maximum Gasteiger partial charge on any atom is 0.234 e. The van der Waals surface area contributed by atoms with Crippen LogP contribution in [0.15, 0.2) is 0 Å². The van der Waals surface area contributed by atoms with Gasteiger partial charge in [0.25, 0.3) is 0 Å². The van der Waals surface area contributed by atoms with Crippen molar-refractivity contribution < 1.29 is 9.59 Å². The minimum Gasteiger partial charge on any atom is -0.368 e. The molecule has 0 radical (unpaired) electrons. The highest BCUT2D eigenvalue weighted by molar-refractivity contribution is 5.80. The summed E-state index contributed by atoms with van der Waals surface area (Å²) in [4.78, 5) is 24.4. The molecule has 0 bridgehead atoms. The molecule has 2 N–H and O–H groups in total. The number of carbonyl (C=O) groups excluding carboxylic acids is 2. The molecule has 0 saturated carbocycles. The topological polar surface area (TPSA) is 63.4 Å². The zero-order chi connectivity index (χ0) is 12.0. The number of amides is 1. The van der Waals surface area contributed by atoms with Gasteiger partial charge in [0.05, 0.1) is 12.1 Å². The van der Waals surface area contributed by atoms with Gasteiger partial charge in [-0.15, -0.1) is 0 Å². The average molecular weight is 226 g/mol. The van der Waals surface area contributed by atoms with E-state index in [4.69, 9.17) is 5.73 Å². The van der Waals surface area contributed by atoms with Crippen molar-refractivity contribution in [1.29, 1.82) is 0 Å². The van der Waals surface area contributed by atoms with Crippen LogP contribution in [0.2, 0.25) is 0 Å². The first-order valence-electron chi connectivity index (χ1n) is 6.21. The van der Waals surface area contributed by atoms with Crippen molar-refractivity contribution in [3.63, 3.8) is 0 Å². The van der Waals surface area contributed by atoms with Crippen LogP contribution in [0.25, 0.3) is 0 Å². The van der Waals surface area contributed by atoms with E-state index in [1.807, 2.05) is 4.90 Å². The highest BCUT2D eigenvalue weighted by Gasteiger charge is 2.31. The molecule has 16 heavy (non-hydrogen) atoms. The van der Waals surface area contributed by atoms with Crippen LogP contribution in [0.3, 0.4) is 0 Å². The van der Waals surface area contributed by atoms with Gasteiger partial charge in [0, 0.05) is 0 Å². The Kier molecular flexibility index (Phi) is 5.46. The summed E-state index contributed by atoms with van der Waals surface area (Å²) >= 11 is 0. The van der Waals surface area contributed by atoms with E-state index in [1.165, 1.54) is 0 Å². The van der Waals surface area contributed by atoms with Crippen molar-refractivity contribution in [1.82, 2.24) is 4.90 Å². The molecule has 1 aliphatic heterocycles. The van der Waals surface area contributed by atoms with Crippen molar-refractivity contribution in [2.45, 2.75) is 57.5 Å². The van der Waals surface area contributed by atoms with E-state index in [9.17, 15) is 9.59 Å². The number of primary amides is 1. The van der Waals surface area contributed by atoms with Gasteiger partial charge < -0.3 is 10.5 Å². The van der Waals surface area contributed by atoms with Crippen LogP contribution < -0.4 is 5.73 Å². The standard InChI is InChI=1S/C12H22N2O2/c1-2-3-7-11(12(13)16)14-8-5-4-6-10(14)9-15/h9-11H,2-8H2,1H3,(H2,13,16). The summed E-state index contributed by atoms with van der Waals surface area (Å²) in [5.41, 5.74) is 5.43. The first-order chi connectivity index (χ1) is 7.70. The van der Waals surface area contributed by atoms with E-state index in [0.717, 1.165) is 51.4 Å². The minimum atomic E-state index is -0.290. The van der Waals surface area contributed by atoms with E-state index < -0.39 is 0 Å². The van der Waals surface area contributed by atoms with Crippen LogP contribution in [0, 0.1) is 0 Å². The van der Waals surface area contributed by atoms with Crippen LogP contribution in [0.1, 0.15) is 45.4 Å². The van der Waals surface area contributed by atoms with Gasteiger partial charge in [-0.3, -0.25) is 9.69 Å². The van der Waals surface area contributed by atoms with E-state index in [-0.39, 0.29) is 18.0 Å². The molecule has 0 aromatic rings. The summed E-state index contributed by atoms with van der Waals surface area (Å²) in [5, 5.41) is 0. The van der Waals surface area contributed by atoms with Crippen molar-refractivity contribution in [2.24, 2.45) is 5.73 Å². The van der Waals surface area contributed by atoms with Crippen LogP contribution in [0.4, 0.5) is 0 Å². The SMILES string of the molecule is CCCCC(C(N)=O)N1CCCCC1C=O. The van der Waals surface area contributed by atoms with Gasteiger partial charge >= 0.3 is 0 Å². The molecule has 1 aliphatic rings. The Morgan fingerprint density at radius 1 is 1.56 bits per heavy atom. The molecule has 0 spiro atoms. The number of carbonyl (C=O) groups is 2. The third kappa shape index (κ3) is 3.30. The molecular formula is C12H22N2O2. The van der Waals surface area contributed by atoms with E-state index in [0.29, 0.717) is 0 Å². The first-order valence-corrected chi connectivity index (χ1v) is 6.21. The fourth-order valence-electron chi connectivity index (χ4n) is 2.38. The number of unbranched alkanes of at least 4 members (excludes halogenated alkanes) is 1. The van der Waals surface area contributed by atoms with Crippen LogP contribution in [-0.4, -0.2) is 35.7 Å². The predicted molar refractivity (Wildman–Crippen MR) is 62.9 cm³/mol. The zero-order valence-electron chi connectivity index (χ0n) is 10.0. The lowest BCUT2D eigenvalue weighted by Crippen LogP contribution is -2.52. The molecule has 2 atom stereocenters. The number of aldehydes is 1. The second kappa shape index (κ2) is 6.63. The molecule has 4 heteroatoms. The van der Waals surface area contributed by atoms with Gasteiger partial charge in [0.1, 0.15) is 6.29 Å². The predicted octanol–water partition coefficient (Wildman–Crippen LogP) is 1.08. The van der Waals surface area contributed by atoms with Crippen molar-refractivity contribution in [2.75, 3.05) is 6.54 Å². The Bertz CT molecular complexity index is 243. The Hall–Kier alpha value is -0.900. The second-order valence-corrected chi connectivity index (χ2v) is 4.50. The van der Waals surface area contributed by atoms with Crippen LogP contribution >= 0.6 is 0 Å². The quantitative estimate of drug-likeness (QED) is 0.689. The fourth-order valence-corrected chi connectivity index (χ4v) is 2.38. The van der Waals surface area contributed by atoms with Gasteiger partial charge in [-0.05, 0) is 25.8 Å². The molecule has 1 saturated heterocycles. The lowest BCUT2D eigenvalue weighted by molar-refractivity contribution is -0.127. The van der Waals surface area contributed by atoms with Crippen molar-refractivity contribution in [3.05, 3.63) is 0 Å². The molecule has 1 heterocycles. The summed E-state index contributed by atoms with van der Waals surface area (Å²) < 4.78 is 0. The van der Waals surface area contributed by atoms with Crippen LogP contribution in [0.5, 0.6) is 0 Å².